The number of benzene rings is 1. The summed E-state index contributed by atoms with van der Waals surface area (Å²) in [4.78, 5) is 2.27. The monoisotopic (exact) mass is 291 g/mol. The lowest BCUT2D eigenvalue weighted by atomic mass is 10.1. The van der Waals surface area contributed by atoms with E-state index >= 15 is 0 Å². The van der Waals surface area contributed by atoms with E-state index in [-0.39, 0.29) is 10.8 Å². The molecule has 0 bridgehead atoms. The van der Waals surface area contributed by atoms with Gasteiger partial charge in [-0.1, -0.05) is 37.6 Å². The summed E-state index contributed by atoms with van der Waals surface area (Å²) < 4.78 is 13.4. The standard InChI is InChI=1S/C14H20Cl2FN/c1-3-12(4-2)18(9-8-15)10-11-6-5-7-13(17)14(11)16/h5-7,12H,3-4,8-10H2,1-2H3. The normalized spacial score (nSPS) is 11.5. The number of alkyl halides is 1. The fourth-order valence-electron chi connectivity index (χ4n) is 2.19. The summed E-state index contributed by atoms with van der Waals surface area (Å²) in [7, 11) is 0. The molecule has 0 saturated carbocycles. The lowest BCUT2D eigenvalue weighted by molar-refractivity contribution is 0.188. The maximum absolute atomic E-state index is 13.4. The van der Waals surface area contributed by atoms with Crippen molar-refractivity contribution in [1.29, 1.82) is 0 Å². The molecule has 1 aromatic carbocycles. The molecule has 0 aliphatic rings. The first kappa shape index (κ1) is 15.7. The van der Waals surface area contributed by atoms with Crippen molar-refractivity contribution in [3.8, 4) is 0 Å². The molecule has 0 aliphatic carbocycles. The molecule has 0 unspecified atom stereocenters. The van der Waals surface area contributed by atoms with E-state index < -0.39 is 0 Å². The van der Waals surface area contributed by atoms with Crippen LogP contribution in [0.5, 0.6) is 0 Å². The lowest BCUT2D eigenvalue weighted by Gasteiger charge is -2.30. The maximum Gasteiger partial charge on any atom is 0.142 e. The van der Waals surface area contributed by atoms with Gasteiger partial charge in [-0.3, -0.25) is 4.90 Å². The number of hydrogen-bond acceptors (Lipinski definition) is 1. The van der Waals surface area contributed by atoms with Crippen molar-refractivity contribution in [3.05, 3.63) is 34.6 Å². The predicted octanol–water partition coefficient (Wildman–Crippen LogP) is 4.71. The summed E-state index contributed by atoms with van der Waals surface area (Å²) in [5.41, 5.74) is 0.827. The molecule has 0 fully saturated rings. The van der Waals surface area contributed by atoms with Crippen LogP contribution in [0, 0.1) is 5.82 Å². The van der Waals surface area contributed by atoms with Gasteiger partial charge >= 0.3 is 0 Å². The quantitative estimate of drug-likeness (QED) is 0.658. The van der Waals surface area contributed by atoms with Gasteiger partial charge in [-0.2, -0.15) is 0 Å². The maximum atomic E-state index is 13.4. The number of nitrogens with zero attached hydrogens (tertiary/aromatic N) is 1. The van der Waals surface area contributed by atoms with Gasteiger partial charge in [-0.05, 0) is 24.5 Å². The molecule has 4 heteroatoms. The zero-order chi connectivity index (χ0) is 13.5. The van der Waals surface area contributed by atoms with Crippen molar-refractivity contribution in [2.24, 2.45) is 0 Å². The Labute approximate surface area is 119 Å². The molecule has 0 aromatic heterocycles. The Bertz CT molecular complexity index is 367. The van der Waals surface area contributed by atoms with Crippen LogP contribution in [-0.4, -0.2) is 23.4 Å². The lowest BCUT2D eigenvalue weighted by Crippen LogP contribution is -2.35. The first-order valence-electron chi connectivity index (χ1n) is 6.36. The minimum atomic E-state index is -0.357. The van der Waals surface area contributed by atoms with Gasteiger partial charge in [0, 0.05) is 25.0 Å². The van der Waals surface area contributed by atoms with E-state index in [0.29, 0.717) is 18.5 Å². The highest BCUT2D eigenvalue weighted by Gasteiger charge is 2.17. The van der Waals surface area contributed by atoms with E-state index in [1.807, 2.05) is 6.07 Å². The highest BCUT2D eigenvalue weighted by molar-refractivity contribution is 6.31. The fourth-order valence-corrected chi connectivity index (χ4v) is 2.60. The predicted molar refractivity (Wildman–Crippen MR) is 76.9 cm³/mol. The van der Waals surface area contributed by atoms with Gasteiger partial charge in [-0.15, -0.1) is 11.6 Å². The Kier molecular flexibility index (Phi) is 6.98. The summed E-state index contributed by atoms with van der Waals surface area (Å²) in [6, 6.07) is 5.41. The summed E-state index contributed by atoms with van der Waals surface area (Å²) in [5, 5.41) is 0.225. The fraction of sp³-hybridized carbons (Fsp3) is 0.571. The van der Waals surface area contributed by atoms with Crippen molar-refractivity contribution in [2.45, 2.75) is 39.3 Å². The van der Waals surface area contributed by atoms with E-state index in [1.165, 1.54) is 6.07 Å². The summed E-state index contributed by atoms with van der Waals surface area (Å²) in [6.45, 7) is 5.75. The van der Waals surface area contributed by atoms with E-state index in [4.69, 9.17) is 23.2 Å². The molecule has 0 amide bonds. The first-order valence-corrected chi connectivity index (χ1v) is 7.28. The number of hydrogen-bond donors (Lipinski definition) is 0. The second-order valence-corrected chi connectivity index (χ2v) is 5.10. The van der Waals surface area contributed by atoms with Gasteiger partial charge in [0.2, 0.25) is 0 Å². The molecule has 0 atom stereocenters. The van der Waals surface area contributed by atoms with E-state index in [2.05, 4.69) is 18.7 Å². The highest BCUT2D eigenvalue weighted by Crippen LogP contribution is 2.23. The smallest absolute Gasteiger partial charge is 0.142 e. The minimum absolute atomic E-state index is 0.225. The Morgan fingerprint density at radius 3 is 2.50 bits per heavy atom. The van der Waals surface area contributed by atoms with Crippen molar-refractivity contribution in [2.75, 3.05) is 12.4 Å². The van der Waals surface area contributed by atoms with Gasteiger partial charge < -0.3 is 0 Å². The first-order chi connectivity index (χ1) is 8.63. The molecule has 0 aliphatic heterocycles. The molecule has 1 aromatic rings. The molecular weight excluding hydrogens is 272 g/mol. The molecule has 0 N–H and O–H groups in total. The van der Waals surface area contributed by atoms with Crippen LogP contribution < -0.4 is 0 Å². The topological polar surface area (TPSA) is 3.24 Å². The molecule has 0 spiro atoms. The molecule has 0 radical (unpaired) electrons. The van der Waals surface area contributed by atoms with Gasteiger partial charge in [0.05, 0.1) is 5.02 Å². The van der Waals surface area contributed by atoms with Gasteiger partial charge in [-0.25, -0.2) is 4.39 Å². The Balaban J connectivity index is 2.85. The van der Waals surface area contributed by atoms with Crippen LogP contribution in [-0.2, 0) is 6.54 Å². The zero-order valence-corrected chi connectivity index (χ0v) is 12.4. The second kappa shape index (κ2) is 7.98. The SMILES string of the molecule is CCC(CC)N(CCCl)Cc1cccc(F)c1Cl. The van der Waals surface area contributed by atoms with Crippen molar-refractivity contribution < 1.29 is 4.39 Å². The third-order valence-corrected chi connectivity index (χ3v) is 3.83. The zero-order valence-electron chi connectivity index (χ0n) is 10.9. The van der Waals surface area contributed by atoms with Crippen LogP contribution in [0.25, 0.3) is 0 Å². The van der Waals surface area contributed by atoms with Crippen molar-refractivity contribution >= 4 is 23.2 Å². The highest BCUT2D eigenvalue weighted by atomic mass is 35.5. The third kappa shape index (κ3) is 4.11. The number of halogens is 3. The number of rotatable bonds is 7. The summed E-state index contributed by atoms with van der Waals surface area (Å²) in [6.07, 6.45) is 2.11. The van der Waals surface area contributed by atoms with Crippen LogP contribution in [0.2, 0.25) is 5.02 Å². The average molecular weight is 292 g/mol. The van der Waals surface area contributed by atoms with E-state index in [0.717, 1.165) is 24.9 Å². The average Bonchev–Trinajstić information content (AvgIpc) is 2.36. The Hall–Kier alpha value is -0.310. The van der Waals surface area contributed by atoms with Crippen LogP contribution in [0.15, 0.2) is 18.2 Å². The summed E-state index contributed by atoms with van der Waals surface area (Å²) >= 11 is 11.8. The second-order valence-electron chi connectivity index (χ2n) is 4.34. The van der Waals surface area contributed by atoms with Crippen LogP contribution in [0.4, 0.5) is 4.39 Å². The molecule has 1 nitrogen and oxygen atoms in total. The third-order valence-electron chi connectivity index (χ3n) is 3.24. The molecule has 18 heavy (non-hydrogen) atoms. The van der Waals surface area contributed by atoms with Crippen molar-refractivity contribution in [1.82, 2.24) is 4.90 Å². The molecule has 0 heterocycles. The van der Waals surface area contributed by atoms with Gasteiger partial charge in [0.15, 0.2) is 0 Å². The Morgan fingerprint density at radius 1 is 1.28 bits per heavy atom. The van der Waals surface area contributed by atoms with Crippen molar-refractivity contribution in [3.63, 3.8) is 0 Å². The van der Waals surface area contributed by atoms with Crippen LogP contribution >= 0.6 is 23.2 Å². The van der Waals surface area contributed by atoms with E-state index in [9.17, 15) is 4.39 Å². The van der Waals surface area contributed by atoms with Gasteiger partial charge in [0.1, 0.15) is 5.82 Å². The molecule has 102 valence electrons. The van der Waals surface area contributed by atoms with Gasteiger partial charge in [0.25, 0.3) is 0 Å². The largest absolute Gasteiger partial charge is 0.295 e. The minimum Gasteiger partial charge on any atom is -0.295 e. The van der Waals surface area contributed by atoms with Crippen LogP contribution in [0.1, 0.15) is 32.3 Å². The summed E-state index contributed by atoms with van der Waals surface area (Å²) in [5.74, 6) is 0.216. The molecular formula is C14H20Cl2FN. The van der Waals surface area contributed by atoms with E-state index in [1.54, 1.807) is 6.07 Å². The van der Waals surface area contributed by atoms with Crippen LogP contribution in [0.3, 0.4) is 0 Å². The Morgan fingerprint density at radius 2 is 1.94 bits per heavy atom. The molecule has 1 rings (SSSR count). The molecule has 0 saturated heterocycles.